The highest BCUT2D eigenvalue weighted by atomic mass is 16.1. The second-order valence-corrected chi connectivity index (χ2v) is 2.88. The molecule has 0 spiro atoms. The molecule has 2 rings (SSSR count). The van der Waals surface area contributed by atoms with E-state index in [4.69, 9.17) is 5.73 Å². The van der Waals surface area contributed by atoms with Crippen LogP contribution in [0.25, 0.3) is 5.52 Å². The summed E-state index contributed by atoms with van der Waals surface area (Å²) in [4.78, 5) is 10.6. The van der Waals surface area contributed by atoms with E-state index in [9.17, 15) is 4.79 Å². The van der Waals surface area contributed by atoms with E-state index in [1.807, 2.05) is 18.2 Å². The van der Waals surface area contributed by atoms with Crippen molar-refractivity contribution in [3.8, 4) is 0 Å². The maximum absolute atomic E-state index is 10.6. The van der Waals surface area contributed by atoms with Crippen molar-refractivity contribution in [1.29, 1.82) is 0 Å². The largest absolute Gasteiger partial charge is 0.369 e. The van der Waals surface area contributed by atoms with Gasteiger partial charge in [0.05, 0.1) is 11.9 Å². The average molecular weight is 175 g/mol. The molecular formula is C9H9N3O. The normalized spacial score (nSPS) is 10.5. The zero-order valence-electron chi connectivity index (χ0n) is 6.97. The van der Waals surface area contributed by atoms with Crippen molar-refractivity contribution in [3.63, 3.8) is 0 Å². The van der Waals surface area contributed by atoms with Crippen LogP contribution in [-0.2, 0) is 11.2 Å². The van der Waals surface area contributed by atoms with E-state index in [1.54, 1.807) is 16.9 Å². The predicted octanol–water partition coefficient (Wildman–Crippen LogP) is 0.362. The minimum atomic E-state index is -0.327. The molecular weight excluding hydrogens is 166 g/mol. The third kappa shape index (κ3) is 1.51. The summed E-state index contributed by atoms with van der Waals surface area (Å²) in [6.45, 7) is 0. The van der Waals surface area contributed by atoms with Crippen LogP contribution >= 0.6 is 0 Å². The molecule has 1 amide bonds. The summed E-state index contributed by atoms with van der Waals surface area (Å²) in [5.74, 6) is -0.327. The summed E-state index contributed by atoms with van der Waals surface area (Å²) in [5, 5.41) is 4.05. The van der Waals surface area contributed by atoms with E-state index >= 15 is 0 Å². The summed E-state index contributed by atoms with van der Waals surface area (Å²) in [7, 11) is 0. The Labute approximate surface area is 75.0 Å². The first kappa shape index (κ1) is 7.79. The van der Waals surface area contributed by atoms with E-state index < -0.39 is 0 Å². The number of carbonyl (C=O) groups excluding carboxylic acids is 1. The summed E-state index contributed by atoms with van der Waals surface area (Å²) in [6, 6.07) is 5.68. The van der Waals surface area contributed by atoms with Crippen molar-refractivity contribution < 1.29 is 4.79 Å². The first-order valence-electron chi connectivity index (χ1n) is 3.96. The first-order valence-corrected chi connectivity index (χ1v) is 3.96. The van der Waals surface area contributed by atoms with Gasteiger partial charge >= 0.3 is 0 Å². The molecule has 0 unspecified atom stereocenters. The summed E-state index contributed by atoms with van der Waals surface area (Å²) >= 11 is 0. The van der Waals surface area contributed by atoms with Gasteiger partial charge < -0.3 is 5.73 Å². The molecule has 0 bridgehead atoms. The number of carbonyl (C=O) groups is 1. The molecule has 13 heavy (non-hydrogen) atoms. The predicted molar refractivity (Wildman–Crippen MR) is 48.1 cm³/mol. The number of pyridine rings is 1. The molecule has 0 saturated heterocycles. The quantitative estimate of drug-likeness (QED) is 0.716. The third-order valence-corrected chi connectivity index (χ3v) is 1.84. The van der Waals surface area contributed by atoms with Crippen LogP contribution in [0.5, 0.6) is 0 Å². The molecule has 0 aromatic carbocycles. The number of rotatable bonds is 2. The number of hydrogen-bond donors (Lipinski definition) is 1. The summed E-state index contributed by atoms with van der Waals surface area (Å²) < 4.78 is 1.72. The van der Waals surface area contributed by atoms with E-state index in [1.165, 1.54) is 0 Å². The molecule has 2 aromatic rings. The van der Waals surface area contributed by atoms with Crippen molar-refractivity contribution in [2.45, 2.75) is 6.42 Å². The maximum Gasteiger partial charge on any atom is 0.221 e. The van der Waals surface area contributed by atoms with Crippen LogP contribution in [0.15, 0.2) is 30.6 Å². The molecule has 0 aliphatic rings. The monoisotopic (exact) mass is 175 g/mol. The van der Waals surface area contributed by atoms with Gasteiger partial charge in [-0.3, -0.25) is 4.79 Å². The topological polar surface area (TPSA) is 60.4 Å². The second-order valence-electron chi connectivity index (χ2n) is 2.88. The lowest BCUT2D eigenvalue weighted by Gasteiger charge is -1.98. The van der Waals surface area contributed by atoms with Gasteiger partial charge in [0.2, 0.25) is 5.91 Å². The molecule has 0 fully saturated rings. The van der Waals surface area contributed by atoms with E-state index in [-0.39, 0.29) is 12.3 Å². The van der Waals surface area contributed by atoms with Gasteiger partial charge in [-0.05, 0) is 17.7 Å². The number of nitrogens with two attached hydrogens (primary N) is 1. The van der Waals surface area contributed by atoms with E-state index in [2.05, 4.69) is 5.10 Å². The molecule has 0 aliphatic carbocycles. The van der Waals surface area contributed by atoms with Crippen LogP contribution in [0.1, 0.15) is 5.56 Å². The SMILES string of the molecule is NC(=O)Cc1ccc2ccnn2c1. The lowest BCUT2D eigenvalue weighted by molar-refractivity contribution is -0.117. The Hall–Kier alpha value is -1.84. The van der Waals surface area contributed by atoms with Gasteiger partial charge in [-0.2, -0.15) is 5.10 Å². The van der Waals surface area contributed by atoms with Crippen LogP contribution in [-0.4, -0.2) is 15.5 Å². The Morgan fingerprint density at radius 1 is 1.46 bits per heavy atom. The molecule has 0 aliphatic heterocycles. The molecule has 2 heterocycles. The smallest absolute Gasteiger partial charge is 0.221 e. The van der Waals surface area contributed by atoms with Gasteiger partial charge in [-0.15, -0.1) is 0 Å². The van der Waals surface area contributed by atoms with Crippen molar-refractivity contribution in [2.75, 3.05) is 0 Å². The van der Waals surface area contributed by atoms with Crippen LogP contribution < -0.4 is 5.73 Å². The Bertz CT molecular complexity index is 447. The van der Waals surface area contributed by atoms with Gasteiger partial charge in [-0.25, -0.2) is 4.52 Å². The van der Waals surface area contributed by atoms with Gasteiger partial charge in [0, 0.05) is 12.4 Å². The third-order valence-electron chi connectivity index (χ3n) is 1.84. The van der Waals surface area contributed by atoms with Gasteiger partial charge in [-0.1, -0.05) is 6.07 Å². The minimum absolute atomic E-state index is 0.260. The second kappa shape index (κ2) is 2.90. The molecule has 2 N–H and O–H groups in total. The highest BCUT2D eigenvalue weighted by Crippen LogP contribution is 2.05. The Morgan fingerprint density at radius 2 is 2.31 bits per heavy atom. The Kier molecular flexibility index (Phi) is 1.73. The van der Waals surface area contributed by atoms with E-state index in [0.717, 1.165) is 11.1 Å². The Morgan fingerprint density at radius 3 is 3.08 bits per heavy atom. The number of primary amides is 1. The van der Waals surface area contributed by atoms with Crippen molar-refractivity contribution in [2.24, 2.45) is 5.73 Å². The molecule has 2 aromatic heterocycles. The lowest BCUT2D eigenvalue weighted by Crippen LogP contribution is -2.13. The number of fused-ring (bicyclic) bond motifs is 1. The summed E-state index contributed by atoms with van der Waals surface area (Å²) in [6.07, 6.45) is 3.78. The molecule has 0 saturated carbocycles. The molecule has 66 valence electrons. The van der Waals surface area contributed by atoms with Gasteiger partial charge in [0.1, 0.15) is 0 Å². The molecule has 4 heteroatoms. The highest BCUT2D eigenvalue weighted by molar-refractivity contribution is 5.76. The summed E-state index contributed by atoms with van der Waals surface area (Å²) in [5.41, 5.74) is 6.96. The van der Waals surface area contributed by atoms with Crippen molar-refractivity contribution >= 4 is 11.4 Å². The fraction of sp³-hybridized carbons (Fsp3) is 0.111. The minimum Gasteiger partial charge on any atom is -0.369 e. The van der Waals surface area contributed by atoms with Crippen LogP contribution in [0.4, 0.5) is 0 Å². The molecule has 0 atom stereocenters. The average Bonchev–Trinajstić information content (AvgIpc) is 2.49. The van der Waals surface area contributed by atoms with Crippen molar-refractivity contribution in [1.82, 2.24) is 9.61 Å². The van der Waals surface area contributed by atoms with Gasteiger partial charge in [0.25, 0.3) is 0 Å². The molecule has 0 radical (unpaired) electrons. The molecule has 4 nitrogen and oxygen atoms in total. The van der Waals surface area contributed by atoms with Crippen LogP contribution in [0, 0.1) is 0 Å². The number of nitrogens with zero attached hydrogens (tertiary/aromatic N) is 2. The maximum atomic E-state index is 10.6. The number of amides is 1. The van der Waals surface area contributed by atoms with Crippen LogP contribution in [0.3, 0.4) is 0 Å². The fourth-order valence-electron chi connectivity index (χ4n) is 1.26. The van der Waals surface area contributed by atoms with Crippen LogP contribution in [0.2, 0.25) is 0 Å². The van der Waals surface area contributed by atoms with E-state index in [0.29, 0.717) is 0 Å². The van der Waals surface area contributed by atoms with Gasteiger partial charge in [0.15, 0.2) is 0 Å². The fourth-order valence-corrected chi connectivity index (χ4v) is 1.26. The standard InChI is InChI=1S/C9H9N3O/c10-9(13)5-7-1-2-8-3-4-11-12(8)6-7/h1-4,6H,5H2,(H2,10,13). The number of hydrogen-bond acceptors (Lipinski definition) is 2. The zero-order chi connectivity index (χ0) is 9.26. The zero-order valence-corrected chi connectivity index (χ0v) is 6.97. The first-order chi connectivity index (χ1) is 6.25. The highest BCUT2D eigenvalue weighted by Gasteiger charge is 1.99. The van der Waals surface area contributed by atoms with Crippen molar-refractivity contribution in [3.05, 3.63) is 36.2 Å². The number of aromatic nitrogens is 2. The Balaban J connectivity index is 2.42. The lowest BCUT2D eigenvalue weighted by atomic mass is 10.2.